The van der Waals surface area contributed by atoms with E-state index in [9.17, 15) is 8.78 Å². The van der Waals surface area contributed by atoms with E-state index in [0.717, 1.165) is 0 Å². The van der Waals surface area contributed by atoms with Crippen LogP contribution in [0.2, 0.25) is 0 Å². The van der Waals surface area contributed by atoms with Gasteiger partial charge < -0.3 is 9.47 Å². The highest BCUT2D eigenvalue weighted by Gasteiger charge is 2.30. The van der Waals surface area contributed by atoms with Gasteiger partial charge in [-0.3, -0.25) is 9.97 Å². The molecule has 1 aliphatic rings. The predicted octanol–water partition coefficient (Wildman–Crippen LogP) is 3.86. The maximum atomic E-state index is 14.9. The summed E-state index contributed by atoms with van der Waals surface area (Å²) in [6.07, 6.45) is 6.05. The zero-order valence-electron chi connectivity index (χ0n) is 12.5. The second-order valence-electron chi connectivity index (χ2n) is 5.20. The smallest absolute Gasteiger partial charge is 0.172 e. The molecule has 0 amide bonds. The van der Waals surface area contributed by atoms with E-state index in [2.05, 4.69) is 9.97 Å². The van der Waals surface area contributed by atoms with Gasteiger partial charge >= 0.3 is 0 Å². The van der Waals surface area contributed by atoms with Gasteiger partial charge in [0, 0.05) is 24.8 Å². The Kier molecular flexibility index (Phi) is 3.57. The summed E-state index contributed by atoms with van der Waals surface area (Å²) in [5, 5.41) is 0. The third-order valence-corrected chi connectivity index (χ3v) is 3.81. The van der Waals surface area contributed by atoms with Gasteiger partial charge in [-0.05, 0) is 35.4 Å². The lowest BCUT2D eigenvalue weighted by atomic mass is 9.97. The minimum absolute atomic E-state index is 0.0439. The molecule has 0 fully saturated rings. The summed E-state index contributed by atoms with van der Waals surface area (Å²) >= 11 is 0. The molecule has 4 nitrogen and oxygen atoms in total. The first kappa shape index (κ1) is 14.6. The largest absolute Gasteiger partial charge is 0.485 e. The molecule has 1 aliphatic heterocycles. The van der Waals surface area contributed by atoms with Crippen molar-refractivity contribution in [3.05, 3.63) is 60.7 Å². The summed E-state index contributed by atoms with van der Waals surface area (Å²) < 4.78 is 41.0. The fourth-order valence-corrected chi connectivity index (χ4v) is 2.76. The van der Waals surface area contributed by atoms with Gasteiger partial charge in [0.1, 0.15) is 13.2 Å². The first-order valence-electron chi connectivity index (χ1n) is 7.38. The van der Waals surface area contributed by atoms with Gasteiger partial charge in [-0.15, -0.1) is 0 Å². The van der Waals surface area contributed by atoms with Crippen molar-refractivity contribution in [1.29, 1.82) is 0 Å². The minimum Gasteiger partial charge on any atom is -0.485 e. The highest BCUT2D eigenvalue weighted by molar-refractivity contribution is 5.84. The Morgan fingerprint density at radius 3 is 1.42 bits per heavy atom. The number of ether oxygens (including phenoxy) is 2. The van der Waals surface area contributed by atoms with Crippen LogP contribution in [0.4, 0.5) is 8.78 Å². The topological polar surface area (TPSA) is 44.2 Å². The number of benzene rings is 1. The molecule has 0 atom stereocenters. The number of pyridine rings is 2. The number of hydrogen-bond acceptors (Lipinski definition) is 4. The molecule has 0 N–H and O–H groups in total. The molecule has 0 bridgehead atoms. The normalized spacial score (nSPS) is 12.9. The van der Waals surface area contributed by atoms with Crippen molar-refractivity contribution in [2.24, 2.45) is 0 Å². The van der Waals surface area contributed by atoms with E-state index in [1.54, 1.807) is 24.3 Å². The van der Waals surface area contributed by atoms with Crippen LogP contribution in [0, 0.1) is 11.6 Å². The van der Waals surface area contributed by atoms with E-state index < -0.39 is 11.6 Å². The summed E-state index contributed by atoms with van der Waals surface area (Å²) in [5.41, 5.74) is 1.04. The van der Waals surface area contributed by atoms with E-state index in [-0.39, 0.29) is 35.8 Å². The Balaban J connectivity index is 2.04. The van der Waals surface area contributed by atoms with Crippen molar-refractivity contribution in [3.63, 3.8) is 0 Å². The third kappa shape index (κ3) is 2.27. The van der Waals surface area contributed by atoms with Crippen LogP contribution in [-0.4, -0.2) is 23.2 Å². The van der Waals surface area contributed by atoms with Crippen LogP contribution in [0.3, 0.4) is 0 Å². The van der Waals surface area contributed by atoms with E-state index in [1.165, 1.54) is 24.8 Å². The standard InChI is InChI=1S/C18H12F2N2O2/c19-15-13(11-1-5-21-6-2-11)17-18(24-10-9-23-17)14(16(15)20)12-3-7-22-8-4-12/h1-8H,9-10H2. The van der Waals surface area contributed by atoms with Gasteiger partial charge in [0.2, 0.25) is 0 Å². The van der Waals surface area contributed by atoms with Crippen molar-refractivity contribution < 1.29 is 18.3 Å². The molecule has 0 saturated carbocycles. The molecule has 120 valence electrons. The fourth-order valence-electron chi connectivity index (χ4n) is 2.76. The molecule has 0 saturated heterocycles. The second kappa shape index (κ2) is 5.88. The Hall–Kier alpha value is -3.02. The number of hydrogen-bond donors (Lipinski definition) is 0. The van der Waals surface area contributed by atoms with Gasteiger partial charge in [-0.1, -0.05) is 0 Å². The molecular weight excluding hydrogens is 314 g/mol. The molecule has 1 aromatic carbocycles. The van der Waals surface area contributed by atoms with Crippen molar-refractivity contribution in [2.45, 2.75) is 0 Å². The van der Waals surface area contributed by atoms with Gasteiger partial charge in [0.25, 0.3) is 0 Å². The van der Waals surface area contributed by atoms with Crippen molar-refractivity contribution in [3.8, 4) is 33.8 Å². The van der Waals surface area contributed by atoms with Gasteiger partial charge in [-0.2, -0.15) is 0 Å². The molecule has 0 spiro atoms. The van der Waals surface area contributed by atoms with Crippen molar-refractivity contribution in [2.75, 3.05) is 13.2 Å². The number of aromatic nitrogens is 2. The van der Waals surface area contributed by atoms with Crippen LogP contribution in [0.5, 0.6) is 11.5 Å². The quantitative estimate of drug-likeness (QED) is 0.717. The predicted molar refractivity (Wildman–Crippen MR) is 83.8 cm³/mol. The maximum Gasteiger partial charge on any atom is 0.172 e. The van der Waals surface area contributed by atoms with Crippen molar-refractivity contribution >= 4 is 0 Å². The van der Waals surface area contributed by atoms with Crippen LogP contribution in [0.25, 0.3) is 22.3 Å². The minimum atomic E-state index is -0.975. The Labute approximate surface area is 136 Å². The van der Waals surface area contributed by atoms with E-state index >= 15 is 0 Å². The first-order chi connectivity index (χ1) is 11.8. The van der Waals surface area contributed by atoms with E-state index in [4.69, 9.17) is 9.47 Å². The van der Waals surface area contributed by atoms with Crippen LogP contribution in [0.1, 0.15) is 0 Å². The molecule has 6 heteroatoms. The summed E-state index contributed by atoms with van der Waals surface area (Å²) in [7, 11) is 0. The molecule has 24 heavy (non-hydrogen) atoms. The number of fused-ring (bicyclic) bond motifs is 1. The molecule has 0 aliphatic carbocycles. The van der Waals surface area contributed by atoms with E-state index in [1.807, 2.05) is 0 Å². The van der Waals surface area contributed by atoms with Crippen molar-refractivity contribution in [1.82, 2.24) is 9.97 Å². The lowest BCUT2D eigenvalue weighted by Gasteiger charge is -2.25. The molecule has 3 heterocycles. The van der Waals surface area contributed by atoms with Gasteiger partial charge in [0.05, 0.1) is 11.1 Å². The number of halogens is 2. The zero-order valence-corrected chi connectivity index (χ0v) is 12.5. The highest BCUT2D eigenvalue weighted by Crippen LogP contribution is 2.49. The molecular formula is C18H12F2N2O2. The molecule has 4 rings (SSSR count). The maximum absolute atomic E-state index is 14.9. The average molecular weight is 326 g/mol. The molecule has 0 radical (unpaired) electrons. The van der Waals surface area contributed by atoms with E-state index in [0.29, 0.717) is 11.1 Å². The molecule has 3 aromatic rings. The number of rotatable bonds is 2. The summed E-state index contributed by atoms with van der Waals surface area (Å²) in [6.45, 7) is 0.540. The summed E-state index contributed by atoms with van der Waals surface area (Å²) in [5.74, 6) is -1.54. The van der Waals surface area contributed by atoms with Crippen LogP contribution < -0.4 is 9.47 Å². The first-order valence-corrected chi connectivity index (χ1v) is 7.38. The second-order valence-corrected chi connectivity index (χ2v) is 5.20. The highest BCUT2D eigenvalue weighted by atomic mass is 19.2. The summed E-state index contributed by atoms with van der Waals surface area (Å²) in [6, 6.07) is 6.40. The van der Waals surface area contributed by atoms with Crippen LogP contribution in [0.15, 0.2) is 49.1 Å². The Morgan fingerprint density at radius 2 is 1.04 bits per heavy atom. The van der Waals surface area contributed by atoms with Gasteiger partial charge in [0.15, 0.2) is 23.1 Å². The van der Waals surface area contributed by atoms with Crippen LogP contribution >= 0.6 is 0 Å². The van der Waals surface area contributed by atoms with Gasteiger partial charge in [-0.25, -0.2) is 8.78 Å². The van der Waals surface area contributed by atoms with Crippen LogP contribution in [-0.2, 0) is 0 Å². The monoisotopic (exact) mass is 326 g/mol. The zero-order chi connectivity index (χ0) is 16.5. The average Bonchev–Trinajstić information content (AvgIpc) is 2.64. The summed E-state index contributed by atoms with van der Waals surface area (Å²) in [4.78, 5) is 7.81. The Bertz CT molecular complexity index is 812. The third-order valence-electron chi connectivity index (χ3n) is 3.81. The number of nitrogens with zero attached hydrogens (tertiary/aromatic N) is 2. The lowest BCUT2D eigenvalue weighted by Crippen LogP contribution is -2.18. The lowest BCUT2D eigenvalue weighted by molar-refractivity contribution is 0.171. The molecule has 2 aromatic heterocycles. The molecule has 0 unspecified atom stereocenters. The Morgan fingerprint density at radius 1 is 0.667 bits per heavy atom. The SMILES string of the molecule is Fc1c(F)c(-c2ccncc2)c2c(c1-c1ccncc1)OCCO2. The fraction of sp³-hybridized carbons (Fsp3) is 0.111.